The zero-order valence-corrected chi connectivity index (χ0v) is 12.6. The van der Waals surface area contributed by atoms with Crippen molar-refractivity contribution >= 4 is 23.4 Å². The minimum atomic E-state index is -0.358. The van der Waals surface area contributed by atoms with Crippen LogP contribution in [0.3, 0.4) is 0 Å². The lowest BCUT2D eigenvalue weighted by Gasteiger charge is -2.06. The monoisotopic (exact) mass is 315 g/mol. The van der Waals surface area contributed by atoms with E-state index < -0.39 is 0 Å². The van der Waals surface area contributed by atoms with Crippen molar-refractivity contribution in [3.63, 3.8) is 0 Å². The maximum Gasteiger partial charge on any atom is 0.343 e. The summed E-state index contributed by atoms with van der Waals surface area (Å²) >= 11 is 7.38. The average molecular weight is 316 g/mol. The third kappa shape index (κ3) is 3.64. The molecule has 0 aliphatic carbocycles. The van der Waals surface area contributed by atoms with Crippen LogP contribution in [0.5, 0.6) is 0 Å². The molecule has 0 saturated carbocycles. The molecule has 2 rings (SSSR count). The predicted octanol–water partition coefficient (Wildman–Crippen LogP) is 3.46. The Balaban J connectivity index is 2.09. The van der Waals surface area contributed by atoms with Crippen LogP contribution in [-0.2, 0) is 12.3 Å². The van der Waals surface area contributed by atoms with E-state index >= 15 is 0 Å². The van der Waals surface area contributed by atoms with Gasteiger partial charge in [0, 0.05) is 17.3 Å². The molecule has 0 radical (unpaired) electrons. The van der Waals surface area contributed by atoms with Crippen molar-refractivity contribution in [3.8, 4) is 0 Å². The van der Waals surface area contributed by atoms with Crippen molar-refractivity contribution in [1.82, 2.24) is 14.8 Å². The van der Waals surface area contributed by atoms with Gasteiger partial charge in [0.1, 0.15) is 5.82 Å². The summed E-state index contributed by atoms with van der Waals surface area (Å²) in [4.78, 5) is 11.6. The van der Waals surface area contributed by atoms with Crippen molar-refractivity contribution in [2.75, 3.05) is 0 Å². The lowest BCUT2D eigenvalue weighted by Crippen LogP contribution is -2.17. The number of hydrogen-bond acceptors (Lipinski definition) is 3. The van der Waals surface area contributed by atoms with E-state index in [1.165, 1.54) is 23.9 Å². The zero-order chi connectivity index (χ0) is 14.5. The van der Waals surface area contributed by atoms with E-state index in [0.29, 0.717) is 22.5 Å². The van der Waals surface area contributed by atoms with E-state index in [4.69, 9.17) is 11.6 Å². The van der Waals surface area contributed by atoms with Gasteiger partial charge in [0.05, 0.1) is 0 Å². The van der Waals surface area contributed by atoms with Gasteiger partial charge in [0.15, 0.2) is 5.16 Å². The Kier molecular flexibility index (Phi) is 5.25. The summed E-state index contributed by atoms with van der Waals surface area (Å²) in [7, 11) is 0. The summed E-state index contributed by atoms with van der Waals surface area (Å²) in [6, 6.07) is 4.30. The zero-order valence-electron chi connectivity index (χ0n) is 11.0. The van der Waals surface area contributed by atoms with Crippen LogP contribution in [0.2, 0.25) is 5.02 Å². The molecule has 0 spiro atoms. The summed E-state index contributed by atoms with van der Waals surface area (Å²) in [5, 5.41) is 7.47. The summed E-state index contributed by atoms with van der Waals surface area (Å²) in [5.74, 6) is 0.179. The van der Waals surface area contributed by atoms with E-state index in [2.05, 4.69) is 17.1 Å². The third-order valence-electron chi connectivity index (χ3n) is 2.83. The van der Waals surface area contributed by atoms with Crippen LogP contribution in [0.4, 0.5) is 4.39 Å². The number of thioether (sulfide) groups is 1. The molecule has 1 N–H and O–H groups in total. The van der Waals surface area contributed by atoms with Gasteiger partial charge in [0.25, 0.3) is 0 Å². The largest absolute Gasteiger partial charge is 0.343 e. The Morgan fingerprint density at radius 3 is 3.00 bits per heavy atom. The second kappa shape index (κ2) is 6.95. The van der Waals surface area contributed by atoms with Gasteiger partial charge in [-0.1, -0.05) is 42.8 Å². The number of unbranched alkanes of at least 4 members (excludes halogenated alkanes) is 1. The molecular formula is C13H15ClFN3OS. The number of hydrogen-bond donors (Lipinski definition) is 1. The molecule has 0 fully saturated rings. The van der Waals surface area contributed by atoms with Crippen LogP contribution in [-0.4, -0.2) is 14.8 Å². The number of aromatic amines is 1. The first kappa shape index (κ1) is 15.1. The molecule has 1 aromatic carbocycles. The van der Waals surface area contributed by atoms with E-state index in [1.54, 1.807) is 10.6 Å². The SMILES string of the molecule is CCCCn1c(SCc2ccc(F)cc2Cl)n[nH]c1=O. The number of nitrogens with zero attached hydrogens (tertiary/aromatic N) is 2. The Hall–Kier alpha value is -1.27. The first-order valence-corrected chi connectivity index (χ1v) is 7.70. The van der Waals surface area contributed by atoms with Crippen LogP contribution in [0.1, 0.15) is 25.3 Å². The van der Waals surface area contributed by atoms with Crippen LogP contribution in [0.25, 0.3) is 0 Å². The van der Waals surface area contributed by atoms with Gasteiger partial charge in [0.2, 0.25) is 0 Å². The highest BCUT2D eigenvalue weighted by Crippen LogP contribution is 2.25. The highest BCUT2D eigenvalue weighted by Gasteiger charge is 2.10. The molecule has 0 unspecified atom stereocenters. The quantitative estimate of drug-likeness (QED) is 0.831. The number of halogens is 2. The van der Waals surface area contributed by atoms with E-state index in [9.17, 15) is 9.18 Å². The molecule has 0 amide bonds. The minimum Gasteiger partial charge on any atom is -0.270 e. The van der Waals surface area contributed by atoms with Crippen molar-refractivity contribution in [3.05, 3.63) is 45.1 Å². The highest BCUT2D eigenvalue weighted by atomic mass is 35.5. The highest BCUT2D eigenvalue weighted by molar-refractivity contribution is 7.98. The maximum atomic E-state index is 13.0. The molecule has 108 valence electrons. The second-order valence-electron chi connectivity index (χ2n) is 4.34. The van der Waals surface area contributed by atoms with E-state index in [0.717, 1.165) is 18.4 Å². The van der Waals surface area contributed by atoms with Crippen LogP contribution in [0.15, 0.2) is 28.2 Å². The van der Waals surface area contributed by atoms with Gasteiger partial charge in [-0.05, 0) is 24.1 Å². The molecular weight excluding hydrogens is 301 g/mol. The lowest BCUT2D eigenvalue weighted by molar-refractivity contribution is 0.573. The third-order valence-corrected chi connectivity index (χ3v) is 4.21. The van der Waals surface area contributed by atoms with Crippen molar-refractivity contribution in [1.29, 1.82) is 0 Å². The van der Waals surface area contributed by atoms with Gasteiger partial charge < -0.3 is 0 Å². The van der Waals surface area contributed by atoms with Gasteiger partial charge in [-0.15, -0.1) is 5.10 Å². The molecule has 0 aliphatic heterocycles. The number of benzene rings is 1. The lowest BCUT2D eigenvalue weighted by atomic mass is 10.2. The number of nitrogens with one attached hydrogen (secondary N) is 1. The summed E-state index contributed by atoms with van der Waals surface area (Å²) in [6.07, 6.45) is 1.93. The maximum absolute atomic E-state index is 13.0. The Morgan fingerprint density at radius 1 is 1.50 bits per heavy atom. The van der Waals surface area contributed by atoms with Crippen molar-refractivity contribution in [2.24, 2.45) is 0 Å². The number of H-pyrrole nitrogens is 1. The predicted molar refractivity (Wildman–Crippen MR) is 78.7 cm³/mol. The molecule has 1 heterocycles. The smallest absolute Gasteiger partial charge is 0.270 e. The fraction of sp³-hybridized carbons (Fsp3) is 0.385. The first-order valence-electron chi connectivity index (χ1n) is 6.33. The molecule has 0 saturated heterocycles. The molecule has 1 aromatic heterocycles. The molecule has 0 bridgehead atoms. The standard InChI is InChI=1S/C13H15ClFN3OS/c1-2-3-6-18-12(19)16-17-13(18)20-8-9-4-5-10(15)7-11(9)14/h4-5,7H,2-3,6,8H2,1H3,(H,16,19). The average Bonchev–Trinajstić information content (AvgIpc) is 2.76. The van der Waals surface area contributed by atoms with Gasteiger partial charge >= 0.3 is 5.69 Å². The van der Waals surface area contributed by atoms with Gasteiger partial charge in [-0.3, -0.25) is 4.57 Å². The van der Waals surface area contributed by atoms with Gasteiger partial charge in [-0.25, -0.2) is 14.3 Å². The molecule has 20 heavy (non-hydrogen) atoms. The summed E-state index contributed by atoms with van der Waals surface area (Å²) in [5.41, 5.74) is 0.613. The minimum absolute atomic E-state index is 0.203. The molecule has 0 atom stereocenters. The molecule has 7 heteroatoms. The summed E-state index contributed by atoms with van der Waals surface area (Å²) in [6.45, 7) is 2.71. The van der Waals surface area contributed by atoms with E-state index in [1.807, 2.05) is 0 Å². The Bertz CT molecular complexity index is 641. The summed E-state index contributed by atoms with van der Waals surface area (Å²) < 4.78 is 14.6. The van der Waals surface area contributed by atoms with Gasteiger partial charge in [-0.2, -0.15) is 0 Å². The van der Waals surface area contributed by atoms with Crippen LogP contribution in [0, 0.1) is 5.82 Å². The molecule has 0 aliphatic rings. The first-order chi connectivity index (χ1) is 9.61. The molecule has 2 aromatic rings. The fourth-order valence-electron chi connectivity index (χ4n) is 1.71. The normalized spacial score (nSPS) is 10.9. The number of aromatic nitrogens is 3. The van der Waals surface area contributed by atoms with Crippen molar-refractivity contribution < 1.29 is 4.39 Å². The topological polar surface area (TPSA) is 50.7 Å². The Morgan fingerprint density at radius 2 is 2.30 bits per heavy atom. The van der Waals surface area contributed by atoms with E-state index in [-0.39, 0.29) is 11.5 Å². The second-order valence-corrected chi connectivity index (χ2v) is 5.69. The van der Waals surface area contributed by atoms with Crippen LogP contribution < -0.4 is 5.69 Å². The fourth-order valence-corrected chi connectivity index (χ4v) is 3.00. The number of rotatable bonds is 6. The molecule has 4 nitrogen and oxygen atoms in total. The Labute approximate surface area is 125 Å². The van der Waals surface area contributed by atoms with Crippen molar-refractivity contribution in [2.45, 2.75) is 37.2 Å². The van der Waals surface area contributed by atoms with Crippen LogP contribution >= 0.6 is 23.4 Å².